The van der Waals surface area contributed by atoms with Gasteiger partial charge in [0.15, 0.2) is 5.03 Å². The molecule has 0 fully saturated rings. The topological polar surface area (TPSA) is 84.2 Å². The molecular weight excluding hydrogens is 314 g/mol. The maximum atomic E-state index is 12.3. The Morgan fingerprint density at radius 3 is 2.70 bits per heavy atom. The van der Waals surface area contributed by atoms with E-state index >= 15 is 0 Å². The molecule has 0 aliphatic heterocycles. The number of aliphatic hydroxyl groups excluding tert-OH is 1. The van der Waals surface area contributed by atoms with Crippen LogP contribution in [0.2, 0.25) is 0 Å². The number of sulfonamides is 1. The lowest BCUT2D eigenvalue weighted by Crippen LogP contribution is -2.29. The third-order valence-electron chi connectivity index (χ3n) is 3.97. The maximum absolute atomic E-state index is 12.3. The Hall–Kier alpha value is -1.70. The van der Waals surface area contributed by atoms with Crippen LogP contribution in [0.15, 0.2) is 41.8 Å². The largest absolute Gasteiger partial charge is 0.387 e. The van der Waals surface area contributed by atoms with Gasteiger partial charge in [-0.15, -0.1) is 0 Å². The SMILES string of the molecule is CCC(C)n1cnc(S(=O)(=O)NCC(O)c2ccccc2C)c1. The van der Waals surface area contributed by atoms with E-state index in [1.54, 1.807) is 10.6 Å². The van der Waals surface area contributed by atoms with Crippen molar-refractivity contribution in [2.75, 3.05) is 6.54 Å². The van der Waals surface area contributed by atoms with Gasteiger partial charge in [0.2, 0.25) is 0 Å². The van der Waals surface area contributed by atoms with Crippen molar-refractivity contribution in [3.8, 4) is 0 Å². The minimum Gasteiger partial charge on any atom is -0.387 e. The second-order valence-corrected chi connectivity index (χ2v) is 7.35. The number of benzene rings is 1. The van der Waals surface area contributed by atoms with Gasteiger partial charge in [-0.25, -0.2) is 18.1 Å². The molecule has 0 saturated carbocycles. The molecule has 2 rings (SSSR count). The van der Waals surface area contributed by atoms with Gasteiger partial charge in [-0.3, -0.25) is 0 Å². The molecule has 0 aliphatic carbocycles. The molecule has 2 N–H and O–H groups in total. The highest BCUT2D eigenvalue weighted by Gasteiger charge is 2.20. The first-order valence-corrected chi connectivity index (χ1v) is 9.10. The van der Waals surface area contributed by atoms with E-state index in [4.69, 9.17) is 0 Å². The number of nitrogens with zero attached hydrogens (tertiary/aromatic N) is 2. The fraction of sp³-hybridized carbons (Fsp3) is 0.438. The molecule has 1 aromatic carbocycles. The number of aromatic nitrogens is 2. The zero-order chi connectivity index (χ0) is 17.0. The van der Waals surface area contributed by atoms with E-state index in [0.29, 0.717) is 5.56 Å². The Bertz CT molecular complexity index is 755. The fourth-order valence-electron chi connectivity index (χ4n) is 2.24. The Morgan fingerprint density at radius 2 is 2.04 bits per heavy atom. The summed E-state index contributed by atoms with van der Waals surface area (Å²) in [7, 11) is -3.74. The molecule has 0 bridgehead atoms. The minimum absolute atomic E-state index is 0.0326. The van der Waals surface area contributed by atoms with Crippen LogP contribution in [-0.4, -0.2) is 29.6 Å². The lowest BCUT2D eigenvalue weighted by molar-refractivity contribution is 0.181. The Morgan fingerprint density at radius 1 is 1.35 bits per heavy atom. The predicted octanol–water partition coefficient (Wildman–Crippen LogP) is 2.17. The molecule has 23 heavy (non-hydrogen) atoms. The third-order valence-corrected chi connectivity index (χ3v) is 5.28. The standard InChI is InChI=1S/C16H23N3O3S/c1-4-13(3)19-10-16(17-11-19)23(21,22)18-9-15(20)14-8-6-5-7-12(14)2/h5-8,10-11,13,15,18,20H,4,9H2,1-3H3. The highest BCUT2D eigenvalue weighted by atomic mass is 32.2. The Kier molecular flexibility index (Phi) is 5.56. The molecule has 0 saturated heterocycles. The van der Waals surface area contributed by atoms with Gasteiger partial charge < -0.3 is 9.67 Å². The molecule has 2 aromatic rings. The van der Waals surface area contributed by atoms with Gasteiger partial charge in [-0.2, -0.15) is 0 Å². The smallest absolute Gasteiger partial charge is 0.259 e. The van der Waals surface area contributed by atoms with E-state index in [9.17, 15) is 13.5 Å². The molecule has 126 valence electrons. The summed E-state index contributed by atoms with van der Waals surface area (Å²) in [5.41, 5.74) is 1.63. The summed E-state index contributed by atoms with van der Waals surface area (Å²) in [4.78, 5) is 3.96. The summed E-state index contributed by atoms with van der Waals surface area (Å²) in [5.74, 6) is 0. The summed E-state index contributed by atoms with van der Waals surface area (Å²) in [6, 6.07) is 7.53. The van der Waals surface area contributed by atoms with Crippen molar-refractivity contribution in [2.45, 2.75) is 44.4 Å². The highest BCUT2D eigenvalue weighted by Crippen LogP contribution is 2.18. The van der Waals surface area contributed by atoms with Gasteiger partial charge in [-0.1, -0.05) is 31.2 Å². The van der Waals surface area contributed by atoms with Crippen molar-refractivity contribution in [3.63, 3.8) is 0 Å². The van der Waals surface area contributed by atoms with Crippen LogP contribution in [0.5, 0.6) is 0 Å². The lowest BCUT2D eigenvalue weighted by atomic mass is 10.0. The number of aryl methyl sites for hydroxylation is 1. The van der Waals surface area contributed by atoms with Crippen LogP contribution in [0.1, 0.15) is 43.5 Å². The zero-order valence-corrected chi connectivity index (χ0v) is 14.4. The van der Waals surface area contributed by atoms with Gasteiger partial charge in [0.25, 0.3) is 10.0 Å². The van der Waals surface area contributed by atoms with Crippen LogP contribution >= 0.6 is 0 Å². The van der Waals surface area contributed by atoms with Crippen molar-refractivity contribution in [2.24, 2.45) is 0 Å². The quantitative estimate of drug-likeness (QED) is 0.811. The second kappa shape index (κ2) is 7.25. The monoisotopic (exact) mass is 337 g/mol. The Balaban J connectivity index is 2.07. The van der Waals surface area contributed by atoms with E-state index in [0.717, 1.165) is 12.0 Å². The van der Waals surface area contributed by atoms with Crippen molar-refractivity contribution in [3.05, 3.63) is 47.9 Å². The number of hydrogen-bond acceptors (Lipinski definition) is 4. The van der Waals surface area contributed by atoms with Crippen molar-refractivity contribution >= 4 is 10.0 Å². The molecule has 0 aliphatic rings. The van der Waals surface area contributed by atoms with Gasteiger partial charge in [0, 0.05) is 18.8 Å². The third kappa shape index (κ3) is 4.19. The Labute approximate surface area is 137 Å². The molecule has 2 atom stereocenters. The van der Waals surface area contributed by atoms with Gasteiger partial charge in [-0.05, 0) is 31.4 Å². The van der Waals surface area contributed by atoms with Crippen molar-refractivity contribution in [1.29, 1.82) is 0 Å². The number of nitrogens with one attached hydrogen (secondary N) is 1. The number of aliphatic hydroxyl groups is 1. The average Bonchev–Trinajstić information content (AvgIpc) is 3.03. The van der Waals surface area contributed by atoms with E-state index in [2.05, 4.69) is 9.71 Å². The summed E-state index contributed by atoms with van der Waals surface area (Å²) in [6.45, 7) is 5.80. The first-order chi connectivity index (χ1) is 10.8. The molecule has 1 heterocycles. The van der Waals surface area contributed by atoms with Crippen molar-refractivity contribution in [1.82, 2.24) is 14.3 Å². The van der Waals surface area contributed by atoms with Crippen LogP contribution in [0, 0.1) is 6.92 Å². The predicted molar refractivity (Wildman–Crippen MR) is 88.6 cm³/mol. The van der Waals surface area contributed by atoms with Gasteiger partial charge in [0.1, 0.15) is 0 Å². The van der Waals surface area contributed by atoms with Crippen LogP contribution < -0.4 is 4.72 Å². The molecular formula is C16H23N3O3S. The summed E-state index contributed by atoms with van der Waals surface area (Å²) >= 11 is 0. The van der Waals surface area contributed by atoms with Crippen molar-refractivity contribution < 1.29 is 13.5 Å². The molecule has 7 heteroatoms. The first-order valence-electron chi connectivity index (χ1n) is 7.62. The molecule has 1 aromatic heterocycles. The normalized spacial score (nSPS) is 14.6. The second-order valence-electron chi connectivity index (χ2n) is 5.64. The lowest BCUT2D eigenvalue weighted by Gasteiger charge is -2.14. The van der Waals surface area contributed by atoms with E-state index in [-0.39, 0.29) is 17.6 Å². The molecule has 6 nitrogen and oxygen atoms in total. The summed E-state index contributed by atoms with van der Waals surface area (Å²) in [5, 5.41) is 10.2. The highest BCUT2D eigenvalue weighted by molar-refractivity contribution is 7.89. The molecule has 0 spiro atoms. The number of rotatable bonds is 7. The minimum atomic E-state index is -3.74. The molecule has 0 amide bonds. The van der Waals surface area contributed by atoms with E-state index < -0.39 is 16.1 Å². The van der Waals surface area contributed by atoms with Gasteiger partial charge >= 0.3 is 0 Å². The molecule has 2 unspecified atom stereocenters. The summed E-state index contributed by atoms with van der Waals surface area (Å²) in [6.07, 6.45) is 3.01. The van der Waals surface area contributed by atoms with E-state index in [1.807, 2.05) is 39.0 Å². The first kappa shape index (κ1) is 17.7. The van der Waals surface area contributed by atoms with Crippen LogP contribution in [0.25, 0.3) is 0 Å². The molecule has 0 radical (unpaired) electrons. The fourth-order valence-corrected chi connectivity index (χ4v) is 3.21. The van der Waals surface area contributed by atoms with Crippen LogP contribution in [-0.2, 0) is 10.0 Å². The zero-order valence-electron chi connectivity index (χ0n) is 13.6. The van der Waals surface area contributed by atoms with E-state index in [1.165, 1.54) is 12.5 Å². The number of imidazole rings is 1. The summed E-state index contributed by atoms with van der Waals surface area (Å²) < 4.78 is 28.7. The number of hydrogen-bond donors (Lipinski definition) is 2. The van der Waals surface area contributed by atoms with Crippen LogP contribution in [0.3, 0.4) is 0 Å². The van der Waals surface area contributed by atoms with Gasteiger partial charge in [0.05, 0.1) is 12.4 Å². The average molecular weight is 337 g/mol. The van der Waals surface area contributed by atoms with Crippen LogP contribution in [0.4, 0.5) is 0 Å². The maximum Gasteiger partial charge on any atom is 0.259 e.